The second kappa shape index (κ2) is 7.99. The molecule has 4 nitrogen and oxygen atoms in total. The van der Waals surface area contributed by atoms with Crippen LogP contribution < -0.4 is 10.2 Å². The molecule has 1 aliphatic heterocycles. The number of hydrogen-bond donors (Lipinski definition) is 1. The first-order valence-corrected chi connectivity index (χ1v) is 10.5. The summed E-state index contributed by atoms with van der Waals surface area (Å²) < 4.78 is 0. The highest BCUT2D eigenvalue weighted by molar-refractivity contribution is 5.79. The summed E-state index contributed by atoms with van der Waals surface area (Å²) >= 11 is 0. The monoisotopic (exact) mass is 355 g/mol. The van der Waals surface area contributed by atoms with Crippen molar-refractivity contribution in [3.63, 3.8) is 0 Å². The van der Waals surface area contributed by atoms with Crippen molar-refractivity contribution in [1.29, 1.82) is 0 Å². The smallest absolute Gasteiger partial charge is 0.223 e. The molecule has 1 saturated heterocycles. The summed E-state index contributed by atoms with van der Waals surface area (Å²) in [7, 11) is 0. The number of piperazine rings is 1. The second-order valence-corrected chi connectivity index (χ2v) is 8.59. The molecule has 1 N–H and O–H groups in total. The summed E-state index contributed by atoms with van der Waals surface area (Å²) in [5.74, 6) is 2.20. The molecular formula is C22H33N3O. The predicted molar refractivity (Wildman–Crippen MR) is 106 cm³/mol. The van der Waals surface area contributed by atoms with Crippen LogP contribution in [-0.4, -0.2) is 50.1 Å². The van der Waals surface area contributed by atoms with Gasteiger partial charge in [0.1, 0.15) is 0 Å². The van der Waals surface area contributed by atoms with Gasteiger partial charge >= 0.3 is 0 Å². The Balaban J connectivity index is 1.13. The molecule has 4 rings (SSSR count). The van der Waals surface area contributed by atoms with Gasteiger partial charge in [-0.1, -0.05) is 18.6 Å². The molecule has 3 aliphatic rings. The maximum absolute atomic E-state index is 12.4. The summed E-state index contributed by atoms with van der Waals surface area (Å²) in [5.41, 5.74) is 2.68. The molecule has 0 aromatic heterocycles. The summed E-state index contributed by atoms with van der Waals surface area (Å²) in [6.07, 6.45) is 6.18. The van der Waals surface area contributed by atoms with Crippen molar-refractivity contribution in [3.05, 3.63) is 29.8 Å². The predicted octanol–water partition coefficient (Wildman–Crippen LogP) is 3.06. The Morgan fingerprint density at radius 2 is 2.00 bits per heavy atom. The minimum atomic E-state index is 0.326. The standard InChI is InChI=1S/C22H33N3O/c1-17-4-2-5-20(14-17)25-12-10-24(11-13-25)9-3-8-23-22(26)21-16-18-6-7-19(21)15-18/h2,4-5,14,18-19,21H,3,6-13,15-16H2,1H3,(H,23,26)/t18-,19-,21-/m0/s1. The van der Waals surface area contributed by atoms with Crippen molar-refractivity contribution in [2.75, 3.05) is 44.2 Å². The van der Waals surface area contributed by atoms with Crippen molar-refractivity contribution in [2.45, 2.75) is 39.0 Å². The molecule has 1 heterocycles. The molecule has 4 heteroatoms. The van der Waals surface area contributed by atoms with Gasteiger partial charge in [0.15, 0.2) is 0 Å². The number of nitrogens with one attached hydrogen (secondary N) is 1. The van der Waals surface area contributed by atoms with E-state index in [1.165, 1.54) is 30.5 Å². The molecule has 0 unspecified atom stereocenters. The maximum Gasteiger partial charge on any atom is 0.223 e. The number of carbonyl (C=O) groups is 1. The van der Waals surface area contributed by atoms with Crippen molar-refractivity contribution >= 4 is 11.6 Å². The molecular weight excluding hydrogens is 322 g/mol. The van der Waals surface area contributed by atoms with Crippen LogP contribution in [0.15, 0.2) is 24.3 Å². The van der Waals surface area contributed by atoms with Crippen LogP contribution in [0.1, 0.15) is 37.7 Å². The third-order valence-corrected chi connectivity index (χ3v) is 6.76. The molecule has 2 bridgehead atoms. The summed E-state index contributed by atoms with van der Waals surface area (Å²) in [6, 6.07) is 8.80. The van der Waals surface area contributed by atoms with Crippen LogP contribution in [0.3, 0.4) is 0 Å². The highest BCUT2D eigenvalue weighted by Crippen LogP contribution is 2.48. The molecule has 0 spiro atoms. The topological polar surface area (TPSA) is 35.6 Å². The van der Waals surface area contributed by atoms with Crippen LogP contribution in [0.5, 0.6) is 0 Å². The van der Waals surface area contributed by atoms with Crippen LogP contribution in [0.4, 0.5) is 5.69 Å². The Morgan fingerprint density at radius 3 is 2.69 bits per heavy atom. The van der Waals surface area contributed by atoms with Gasteiger partial charge in [0.25, 0.3) is 0 Å². The van der Waals surface area contributed by atoms with E-state index in [1.54, 1.807) is 0 Å². The van der Waals surface area contributed by atoms with Gasteiger partial charge in [-0.3, -0.25) is 9.69 Å². The van der Waals surface area contributed by atoms with Crippen molar-refractivity contribution in [1.82, 2.24) is 10.2 Å². The minimum absolute atomic E-state index is 0.326. The average molecular weight is 356 g/mol. The summed E-state index contributed by atoms with van der Waals surface area (Å²) in [6.45, 7) is 8.53. The molecule has 3 fully saturated rings. The van der Waals surface area contributed by atoms with E-state index in [2.05, 4.69) is 46.3 Å². The van der Waals surface area contributed by atoms with Crippen LogP contribution in [0, 0.1) is 24.7 Å². The number of amides is 1. The highest BCUT2D eigenvalue weighted by Gasteiger charge is 2.42. The number of nitrogens with zero attached hydrogens (tertiary/aromatic N) is 2. The van der Waals surface area contributed by atoms with Crippen LogP contribution in [-0.2, 0) is 4.79 Å². The van der Waals surface area contributed by atoms with Gasteiger partial charge in [0, 0.05) is 44.3 Å². The quantitative estimate of drug-likeness (QED) is 0.797. The number of aryl methyl sites for hydroxylation is 1. The SMILES string of the molecule is Cc1cccc(N2CCN(CCCNC(=O)[C@H]3C[C@H]4CC[C@H]3C4)CC2)c1. The lowest BCUT2D eigenvalue weighted by molar-refractivity contribution is -0.126. The number of carbonyl (C=O) groups excluding carboxylic acids is 1. The van der Waals surface area contributed by atoms with E-state index in [4.69, 9.17) is 0 Å². The Morgan fingerprint density at radius 1 is 1.15 bits per heavy atom. The Bertz CT molecular complexity index is 624. The van der Waals surface area contributed by atoms with Gasteiger partial charge in [-0.15, -0.1) is 0 Å². The Hall–Kier alpha value is -1.55. The van der Waals surface area contributed by atoms with Crippen LogP contribution >= 0.6 is 0 Å². The zero-order valence-corrected chi connectivity index (χ0v) is 16.1. The summed E-state index contributed by atoms with van der Waals surface area (Å²) in [4.78, 5) is 17.4. The van der Waals surface area contributed by atoms with Gasteiger partial charge in [-0.2, -0.15) is 0 Å². The third kappa shape index (κ3) is 4.06. The highest BCUT2D eigenvalue weighted by atomic mass is 16.1. The first-order chi connectivity index (χ1) is 12.7. The molecule has 0 radical (unpaired) electrons. The van der Waals surface area contributed by atoms with E-state index < -0.39 is 0 Å². The van der Waals surface area contributed by atoms with Gasteiger partial charge in [-0.25, -0.2) is 0 Å². The second-order valence-electron chi connectivity index (χ2n) is 8.59. The van der Waals surface area contributed by atoms with Gasteiger partial charge in [-0.05, 0) is 68.7 Å². The fourth-order valence-corrected chi connectivity index (χ4v) is 5.27. The molecule has 1 aromatic carbocycles. The zero-order valence-electron chi connectivity index (χ0n) is 16.1. The van der Waals surface area contributed by atoms with E-state index in [1.807, 2.05) is 0 Å². The van der Waals surface area contributed by atoms with Crippen LogP contribution in [0.2, 0.25) is 0 Å². The largest absolute Gasteiger partial charge is 0.369 e. The van der Waals surface area contributed by atoms with E-state index >= 15 is 0 Å². The average Bonchev–Trinajstić information content (AvgIpc) is 3.29. The Kier molecular flexibility index (Phi) is 5.49. The third-order valence-electron chi connectivity index (χ3n) is 6.76. The number of fused-ring (bicyclic) bond motifs is 2. The van der Waals surface area contributed by atoms with E-state index in [0.29, 0.717) is 17.7 Å². The number of rotatable bonds is 6. The molecule has 1 amide bonds. The summed E-state index contributed by atoms with van der Waals surface area (Å²) in [5, 5.41) is 3.21. The molecule has 26 heavy (non-hydrogen) atoms. The van der Waals surface area contributed by atoms with Crippen molar-refractivity contribution in [2.24, 2.45) is 17.8 Å². The molecule has 2 aliphatic carbocycles. The van der Waals surface area contributed by atoms with Gasteiger partial charge < -0.3 is 10.2 Å². The molecule has 3 atom stereocenters. The van der Waals surface area contributed by atoms with E-state index in [9.17, 15) is 4.79 Å². The molecule has 1 aromatic rings. The van der Waals surface area contributed by atoms with E-state index in [0.717, 1.165) is 58.0 Å². The van der Waals surface area contributed by atoms with Crippen molar-refractivity contribution in [3.8, 4) is 0 Å². The van der Waals surface area contributed by atoms with E-state index in [-0.39, 0.29) is 0 Å². The lowest BCUT2D eigenvalue weighted by atomic mass is 9.88. The minimum Gasteiger partial charge on any atom is -0.369 e. The Labute approximate surface area is 157 Å². The first kappa shape index (κ1) is 17.8. The molecule has 142 valence electrons. The van der Waals surface area contributed by atoms with Gasteiger partial charge in [0.2, 0.25) is 5.91 Å². The lowest BCUT2D eigenvalue weighted by Crippen LogP contribution is -2.47. The number of anilines is 1. The molecule has 2 saturated carbocycles. The number of benzene rings is 1. The zero-order chi connectivity index (χ0) is 17.9. The van der Waals surface area contributed by atoms with Crippen LogP contribution in [0.25, 0.3) is 0 Å². The number of hydrogen-bond acceptors (Lipinski definition) is 3. The fourth-order valence-electron chi connectivity index (χ4n) is 5.27. The van der Waals surface area contributed by atoms with Crippen molar-refractivity contribution < 1.29 is 4.79 Å². The normalized spacial score (nSPS) is 28.5. The van der Waals surface area contributed by atoms with Gasteiger partial charge in [0.05, 0.1) is 0 Å². The fraction of sp³-hybridized carbons (Fsp3) is 0.682. The lowest BCUT2D eigenvalue weighted by Gasteiger charge is -2.36. The first-order valence-electron chi connectivity index (χ1n) is 10.5. The maximum atomic E-state index is 12.4.